The van der Waals surface area contributed by atoms with Gasteiger partial charge in [0, 0.05) is 24.9 Å². The summed E-state index contributed by atoms with van der Waals surface area (Å²) in [4.78, 5) is 17.0. The van der Waals surface area contributed by atoms with Crippen LogP contribution in [-0.4, -0.2) is 34.9 Å². The van der Waals surface area contributed by atoms with E-state index < -0.39 is 5.82 Å². The van der Waals surface area contributed by atoms with Crippen LogP contribution in [0, 0.1) is 11.2 Å². The second kappa shape index (κ2) is 9.40. The van der Waals surface area contributed by atoms with Crippen molar-refractivity contribution < 1.29 is 9.13 Å². The van der Waals surface area contributed by atoms with Gasteiger partial charge in [-0.25, -0.2) is 9.07 Å². The van der Waals surface area contributed by atoms with Crippen LogP contribution in [0.3, 0.4) is 0 Å². The SMILES string of the molecule is N=CCC(=Nc1ccccc1)c1nn(-c2ccc(C3=CCOCC3)cc2F)ccc1=O. The Hall–Kier alpha value is -3.71. The smallest absolute Gasteiger partial charge is 0.209 e. The first-order chi connectivity index (χ1) is 15.2. The molecule has 1 N–H and O–H groups in total. The van der Waals surface area contributed by atoms with Gasteiger partial charge in [-0.1, -0.05) is 30.3 Å². The average Bonchev–Trinajstić information content (AvgIpc) is 2.80. The Labute approximate surface area is 178 Å². The van der Waals surface area contributed by atoms with Crippen molar-refractivity contribution in [2.45, 2.75) is 12.8 Å². The van der Waals surface area contributed by atoms with E-state index in [-0.39, 0.29) is 23.2 Å². The van der Waals surface area contributed by atoms with Gasteiger partial charge in [0.05, 0.1) is 24.6 Å². The largest absolute Gasteiger partial charge is 0.377 e. The standard InChI is InChI=1S/C24H21FN4O2/c25-20-16-18(17-10-14-31-15-11-17)6-7-22(20)29-13-9-23(30)24(28-29)21(8-12-26)27-19-4-2-1-3-5-19/h1-7,9-10,12-13,16,26H,8,11,14-15H2. The number of benzene rings is 2. The molecule has 0 amide bonds. The summed E-state index contributed by atoms with van der Waals surface area (Å²) in [5.41, 5.74) is 2.84. The zero-order valence-corrected chi connectivity index (χ0v) is 16.8. The maximum absolute atomic E-state index is 15.0. The van der Waals surface area contributed by atoms with Crippen molar-refractivity contribution in [1.82, 2.24) is 9.78 Å². The third-order valence-corrected chi connectivity index (χ3v) is 4.93. The third kappa shape index (κ3) is 4.73. The molecular formula is C24H21FN4O2. The van der Waals surface area contributed by atoms with Crippen LogP contribution in [0.2, 0.25) is 0 Å². The Morgan fingerprint density at radius 3 is 2.77 bits per heavy atom. The highest BCUT2D eigenvalue weighted by atomic mass is 19.1. The zero-order chi connectivity index (χ0) is 21.6. The van der Waals surface area contributed by atoms with Gasteiger partial charge in [-0.15, -0.1) is 0 Å². The maximum atomic E-state index is 15.0. The molecule has 3 aromatic rings. The minimum atomic E-state index is -0.444. The second-order valence-electron chi connectivity index (χ2n) is 7.00. The average molecular weight is 416 g/mol. The van der Waals surface area contributed by atoms with Gasteiger partial charge in [0.25, 0.3) is 0 Å². The molecule has 0 atom stereocenters. The van der Waals surface area contributed by atoms with Crippen LogP contribution in [0.1, 0.15) is 24.1 Å². The highest BCUT2D eigenvalue weighted by molar-refractivity contribution is 6.06. The Morgan fingerprint density at radius 2 is 2.06 bits per heavy atom. The van der Waals surface area contributed by atoms with E-state index in [1.165, 1.54) is 23.0 Å². The molecule has 6 nitrogen and oxygen atoms in total. The zero-order valence-electron chi connectivity index (χ0n) is 16.8. The molecule has 156 valence electrons. The lowest BCUT2D eigenvalue weighted by atomic mass is 10.0. The lowest BCUT2D eigenvalue weighted by Gasteiger charge is -2.15. The summed E-state index contributed by atoms with van der Waals surface area (Å²) < 4.78 is 21.6. The molecule has 0 saturated heterocycles. The van der Waals surface area contributed by atoms with Crippen molar-refractivity contribution in [1.29, 1.82) is 5.41 Å². The van der Waals surface area contributed by atoms with Gasteiger partial charge >= 0.3 is 0 Å². The maximum Gasteiger partial charge on any atom is 0.209 e. The van der Waals surface area contributed by atoms with Crippen LogP contribution in [0.15, 0.2) is 76.7 Å². The summed E-state index contributed by atoms with van der Waals surface area (Å²) in [7, 11) is 0. The van der Waals surface area contributed by atoms with Crippen molar-refractivity contribution in [3.63, 3.8) is 0 Å². The number of hydrogen-bond acceptors (Lipinski definition) is 5. The molecule has 0 spiro atoms. The summed E-state index contributed by atoms with van der Waals surface area (Å²) in [6.45, 7) is 1.15. The van der Waals surface area contributed by atoms with E-state index >= 15 is 0 Å². The normalized spacial score (nSPS) is 14.2. The number of para-hydroxylation sites is 1. The van der Waals surface area contributed by atoms with Crippen LogP contribution in [0.5, 0.6) is 0 Å². The molecule has 0 radical (unpaired) electrons. The predicted molar refractivity (Wildman–Crippen MR) is 119 cm³/mol. The summed E-state index contributed by atoms with van der Waals surface area (Å²) in [5.74, 6) is -0.444. The van der Waals surface area contributed by atoms with E-state index in [1.54, 1.807) is 18.2 Å². The molecule has 4 rings (SSSR count). The van der Waals surface area contributed by atoms with Crippen molar-refractivity contribution in [2.75, 3.05) is 13.2 Å². The van der Waals surface area contributed by atoms with Gasteiger partial charge in [-0.3, -0.25) is 9.79 Å². The van der Waals surface area contributed by atoms with Crippen LogP contribution >= 0.6 is 0 Å². The first kappa shape index (κ1) is 20.6. The van der Waals surface area contributed by atoms with Crippen LogP contribution in [-0.2, 0) is 4.74 Å². The van der Waals surface area contributed by atoms with Crippen molar-refractivity contribution in [3.05, 3.63) is 94.2 Å². The number of nitrogens with one attached hydrogen (secondary N) is 1. The number of hydrogen-bond donors (Lipinski definition) is 1. The van der Waals surface area contributed by atoms with Crippen molar-refractivity contribution in [3.8, 4) is 5.69 Å². The van der Waals surface area contributed by atoms with Gasteiger partial charge in [0.1, 0.15) is 11.5 Å². The Bertz CT molecular complexity index is 1220. The van der Waals surface area contributed by atoms with Gasteiger partial charge in [0.15, 0.2) is 5.69 Å². The fraction of sp³-hybridized carbons (Fsp3) is 0.167. The van der Waals surface area contributed by atoms with Gasteiger partial charge in [-0.2, -0.15) is 5.10 Å². The topological polar surface area (TPSA) is 80.3 Å². The molecule has 1 aliphatic heterocycles. The van der Waals surface area contributed by atoms with E-state index in [2.05, 4.69) is 10.1 Å². The van der Waals surface area contributed by atoms with Crippen molar-refractivity contribution in [2.24, 2.45) is 4.99 Å². The summed E-state index contributed by atoms with van der Waals surface area (Å²) in [6.07, 6.45) is 5.43. The fourth-order valence-electron chi connectivity index (χ4n) is 3.37. The molecule has 0 fully saturated rings. The van der Waals surface area contributed by atoms with Gasteiger partial charge in [0.2, 0.25) is 5.43 Å². The van der Waals surface area contributed by atoms with Gasteiger partial charge < -0.3 is 10.1 Å². The second-order valence-corrected chi connectivity index (χ2v) is 7.00. The number of ether oxygens (including phenoxy) is 1. The lowest BCUT2D eigenvalue weighted by molar-refractivity contribution is 0.161. The third-order valence-electron chi connectivity index (χ3n) is 4.93. The molecule has 1 aromatic heterocycles. The minimum absolute atomic E-state index is 0.0884. The first-order valence-corrected chi connectivity index (χ1v) is 9.94. The summed E-state index contributed by atoms with van der Waals surface area (Å²) >= 11 is 0. The number of rotatable bonds is 6. The predicted octanol–water partition coefficient (Wildman–Crippen LogP) is 4.34. The number of aromatic nitrogens is 2. The molecule has 7 heteroatoms. The van der Waals surface area contributed by atoms with E-state index in [0.29, 0.717) is 24.6 Å². The molecule has 31 heavy (non-hydrogen) atoms. The molecule has 0 unspecified atom stereocenters. The van der Waals surface area contributed by atoms with E-state index in [1.807, 2.05) is 30.3 Å². The van der Waals surface area contributed by atoms with Crippen LogP contribution in [0.25, 0.3) is 11.3 Å². The molecular weight excluding hydrogens is 395 g/mol. The molecule has 0 aliphatic carbocycles. The van der Waals surface area contributed by atoms with Crippen LogP contribution in [0.4, 0.5) is 10.1 Å². The monoisotopic (exact) mass is 416 g/mol. The lowest BCUT2D eigenvalue weighted by Crippen LogP contribution is -2.22. The molecule has 0 bridgehead atoms. The number of aliphatic imine (C=N–C) groups is 1. The molecule has 2 heterocycles. The Kier molecular flexibility index (Phi) is 6.24. The number of nitrogens with zero attached hydrogens (tertiary/aromatic N) is 3. The van der Waals surface area contributed by atoms with E-state index in [9.17, 15) is 9.18 Å². The van der Waals surface area contributed by atoms with Crippen LogP contribution < -0.4 is 5.43 Å². The highest BCUT2D eigenvalue weighted by Gasteiger charge is 2.14. The number of halogens is 1. The minimum Gasteiger partial charge on any atom is -0.377 e. The fourth-order valence-corrected chi connectivity index (χ4v) is 3.37. The summed E-state index contributed by atoms with van der Waals surface area (Å²) in [6, 6.07) is 15.4. The Morgan fingerprint density at radius 1 is 1.23 bits per heavy atom. The van der Waals surface area contributed by atoms with Gasteiger partial charge in [-0.05, 0) is 41.8 Å². The molecule has 1 aliphatic rings. The van der Waals surface area contributed by atoms with E-state index in [0.717, 1.165) is 23.8 Å². The highest BCUT2D eigenvalue weighted by Crippen LogP contribution is 2.24. The van der Waals surface area contributed by atoms with E-state index in [4.69, 9.17) is 10.1 Å². The molecule has 0 saturated carbocycles. The Balaban J connectivity index is 1.73. The molecule has 2 aromatic carbocycles. The first-order valence-electron chi connectivity index (χ1n) is 9.94. The van der Waals surface area contributed by atoms with Crippen molar-refractivity contribution >= 4 is 23.2 Å². The summed E-state index contributed by atoms with van der Waals surface area (Å²) in [5, 5.41) is 11.8. The quantitative estimate of drug-likeness (QED) is 0.607.